The van der Waals surface area contributed by atoms with E-state index >= 15 is 0 Å². The molecule has 17 nitrogen and oxygen atoms in total. The molecule has 0 aromatic rings. The first-order valence-electron chi connectivity index (χ1n) is 37.7. The third-order valence-corrected chi connectivity index (χ3v) is 19.0. The van der Waals surface area contributed by atoms with Gasteiger partial charge in [0.15, 0.2) is 12.2 Å². The number of phosphoric ester groups is 2. The molecule has 0 aromatic carbocycles. The van der Waals surface area contributed by atoms with Crippen molar-refractivity contribution in [1.82, 2.24) is 0 Å². The smallest absolute Gasteiger partial charge is 0.462 e. The van der Waals surface area contributed by atoms with Gasteiger partial charge < -0.3 is 33.8 Å². The zero-order chi connectivity index (χ0) is 67.0. The fourth-order valence-corrected chi connectivity index (χ4v) is 12.5. The van der Waals surface area contributed by atoms with Crippen molar-refractivity contribution in [3.05, 3.63) is 0 Å². The first-order valence-corrected chi connectivity index (χ1v) is 40.7. The minimum Gasteiger partial charge on any atom is -0.462 e. The number of hydrogen-bond donors (Lipinski definition) is 3. The van der Waals surface area contributed by atoms with E-state index in [4.69, 9.17) is 37.0 Å². The summed E-state index contributed by atoms with van der Waals surface area (Å²) in [6.07, 6.45) is 52.5. The third kappa shape index (κ3) is 65.1. The first kappa shape index (κ1) is 89.1. The maximum absolute atomic E-state index is 13.0. The third-order valence-electron chi connectivity index (χ3n) is 17.1. The molecule has 0 saturated carbocycles. The Kier molecular flexibility index (Phi) is 64.0. The fourth-order valence-electron chi connectivity index (χ4n) is 11.0. The van der Waals surface area contributed by atoms with E-state index in [0.29, 0.717) is 25.7 Å². The Morgan fingerprint density at radius 2 is 0.527 bits per heavy atom. The summed E-state index contributed by atoms with van der Waals surface area (Å²) in [5.41, 5.74) is 0. The summed E-state index contributed by atoms with van der Waals surface area (Å²) in [6.45, 7) is 7.28. The molecule has 91 heavy (non-hydrogen) atoms. The largest absolute Gasteiger partial charge is 0.472 e. The van der Waals surface area contributed by atoms with Crippen LogP contribution in [0.5, 0.6) is 0 Å². The van der Waals surface area contributed by atoms with E-state index in [-0.39, 0.29) is 25.7 Å². The second-order valence-electron chi connectivity index (χ2n) is 26.2. The van der Waals surface area contributed by atoms with Crippen LogP contribution < -0.4 is 0 Å². The van der Waals surface area contributed by atoms with Crippen LogP contribution in [-0.4, -0.2) is 96.7 Å². The summed E-state index contributed by atoms with van der Waals surface area (Å²) in [7, 11) is -9.90. The van der Waals surface area contributed by atoms with E-state index in [9.17, 15) is 43.2 Å². The second-order valence-corrected chi connectivity index (χ2v) is 29.1. The van der Waals surface area contributed by atoms with Gasteiger partial charge in [-0.25, -0.2) is 9.13 Å². The highest BCUT2D eigenvalue weighted by atomic mass is 31.2. The average molecular weight is 1340 g/mol. The van der Waals surface area contributed by atoms with Crippen molar-refractivity contribution >= 4 is 39.5 Å². The first-order chi connectivity index (χ1) is 44.1. The average Bonchev–Trinajstić information content (AvgIpc) is 3.66. The van der Waals surface area contributed by atoms with Gasteiger partial charge >= 0.3 is 39.5 Å². The second kappa shape index (κ2) is 65.4. The van der Waals surface area contributed by atoms with Gasteiger partial charge in [0.2, 0.25) is 0 Å². The number of aliphatic hydroxyl groups excluding tert-OH is 1. The van der Waals surface area contributed by atoms with E-state index < -0.39 is 97.5 Å². The van der Waals surface area contributed by atoms with E-state index in [1.54, 1.807) is 0 Å². The molecule has 0 aliphatic rings. The number of aliphatic hydroxyl groups is 1. The molecule has 0 aromatic heterocycles. The number of esters is 4. The maximum atomic E-state index is 13.0. The van der Waals surface area contributed by atoms with Gasteiger partial charge in [0.1, 0.15) is 19.3 Å². The van der Waals surface area contributed by atoms with Crippen LogP contribution in [0.25, 0.3) is 0 Å². The zero-order valence-electron chi connectivity index (χ0n) is 59.0. The van der Waals surface area contributed by atoms with Gasteiger partial charge in [-0.3, -0.25) is 37.3 Å². The highest BCUT2D eigenvalue weighted by molar-refractivity contribution is 7.47. The lowest BCUT2D eigenvalue weighted by Gasteiger charge is -2.21. The molecule has 3 N–H and O–H groups in total. The molecule has 0 aliphatic carbocycles. The molecule has 0 amide bonds. The van der Waals surface area contributed by atoms with E-state index in [2.05, 4.69) is 34.6 Å². The fraction of sp³-hybridized carbons (Fsp3) is 0.944. The lowest BCUT2D eigenvalue weighted by atomic mass is 9.99. The normalized spacial score (nSPS) is 14.3. The number of hydrogen-bond acceptors (Lipinski definition) is 15. The Morgan fingerprint density at radius 1 is 0.308 bits per heavy atom. The lowest BCUT2D eigenvalue weighted by Crippen LogP contribution is -2.30. The number of carbonyl (C=O) groups is 4. The van der Waals surface area contributed by atoms with Crippen molar-refractivity contribution in [3.63, 3.8) is 0 Å². The van der Waals surface area contributed by atoms with Gasteiger partial charge in [0, 0.05) is 25.7 Å². The monoisotopic (exact) mass is 1340 g/mol. The van der Waals surface area contributed by atoms with Crippen LogP contribution in [0.4, 0.5) is 0 Å². The molecular formula is C72H140O17P2. The molecule has 0 bridgehead atoms. The van der Waals surface area contributed by atoms with E-state index in [1.807, 2.05) is 0 Å². The predicted molar refractivity (Wildman–Crippen MR) is 368 cm³/mol. The molecule has 0 spiro atoms. The number of unbranched alkanes of at least 4 members (excludes halogenated alkanes) is 43. The van der Waals surface area contributed by atoms with E-state index in [1.165, 1.54) is 199 Å². The summed E-state index contributed by atoms with van der Waals surface area (Å²) >= 11 is 0. The Balaban J connectivity index is 5.23. The standard InChI is InChI=1S/C72H140O17P2/c1-6-10-13-16-19-22-25-26-27-28-29-30-31-38-43-48-53-58-72(77)89-68(62-83-70(75)56-51-46-41-37-33-32-34-39-44-49-54-65(5)9-4)64-87-91(80,81)85-60-66(73)59-84-90(78,79)86-63-67(88-71(76)57-52-47-42-36-24-21-18-15-12-8-3)61-82-69(74)55-50-45-40-35-23-20-17-14-11-7-2/h65-68,73H,6-64H2,1-5H3,(H,78,79)(H,80,81)/t65?,66-,67+,68+/m0/s1. The number of ether oxygens (including phenoxy) is 4. The number of rotatable bonds is 72. The Hall–Kier alpha value is -1.94. The molecule has 0 saturated heterocycles. The van der Waals surface area contributed by atoms with Gasteiger partial charge in [-0.1, -0.05) is 324 Å². The van der Waals surface area contributed by atoms with E-state index in [0.717, 1.165) is 95.8 Å². The van der Waals surface area contributed by atoms with Crippen molar-refractivity contribution < 1.29 is 80.2 Å². The number of carbonyl (C=O) groups excluding carboxylic acids is 4. The summed E-state index contributed by atoms with van der Waals surface area (Å²) in [6, 6.07) is 0. The molecule has 3 unspecified atom stereocenters. The summed E-state index contributed by atoms with van der Waals surface area (Å²) < 4.78 is 68.3. The summed E-state index contributed by atoms with van der Waals surface area (Å²) in [5.74, 6) is -1.31. The van der Waals surface area contributed by atoms with Crippen LogP contribution in [0.1, 0.15) is 375 Å². The van der Waals surface area contributed by atoms with Crippen LogP contribution >= 0.6 is 15.6 Å². The highest BCUT2D eigenvalue weighted by Crippen LogP contribution is 2.45. The molecule has 540 valence electrons. The van der Waals surface area contributed by atoms with Crippen molar-refractivity contribution in [2.75, 3.05) is 39.6 Å². The molecule has 0 heterocycles. The van der Waals surface area contributed by atoms with Crippen molar-refractivity contribution in [1.29, 1.82) is 0 Å². The highest BCUT2D eigenvalue weighted by Gasteiger charge is 2.30. The number of phosphoric acid groups is 2. The minimum atomic E-state index is -4.95. The van der Waals surface area contributed by atoms with Gasteiger partial charge in [-0.15, -0.1) is 0 Å². The van der Waals surface area contributed by atoms with Gasteiger partial charge in [-0.2, -0.15) is 0 Å². The Morgan fingerprint density at radius 3 is 0.780 bits per heavy atom. The lowest BCUT2D eigenvalue weighted by molar-refractivity contribution is -0.161. The van der Waals surface area contributed by atoms with Crippen molar-refractivity contribution in [2.45, 2.75) is 393 Å². The molecular weight excluding hydrogens is 1200 g/mol. The summed E-state index contributed by atoms with van der Waals surface area (Å²) in [5, 5.41) is 10.6. The molecule has 19 heteroatoms. The van der Waals surface area contributed by atoms with Crippen LogP contribution in [0.2, 0.25) is 0 Å². The van der Waals surface area contributed by atoms with Gasteiger partial charge in [0.05, 0.1) is 26.4 Å². The summed E-state index contributed by atoms with van der Waals surface area (Å²) in [4.78, 5) is 72.6. The van der Waals surface area contributed by atoms with Crippen LogP contribution in [0, 0.1) is 5.92 Å². The van der Waals surface area contributed by atoms with Gasteiger partial charge in [0.25, 0.3) is 0 Å². The molecule has 0 rings (SSSR count). The SMILES string of the molecule is CCCCCCCCCCCCCCCCCCCC(=O)O[C@H](COC(=O)CCCCCCCCCCCCC(C)CC)COP(=O)(O)OC[C@@H](O)COP(=O)(O)OC[C@@H](COC(=O)CCCCCCCCCCCC)OC(=O)CCCCCCCCCCCC. The predicted octanol–water partition coefficient (Wildman–Crippen LogP) is 20.9. The van der Waals surface area contributed by atoms with Crippen molar-refractivity contribution in [3.8, 4) is 0 Å². The van der Waals surface area contributed by atoms with Crippen LogP contribution in [0.15, 0.2) is 0 Å². The molecule has 0 aliphatic heterocycles. The Bertz CT molecular complexity index is 1760. The molecule has 0 radical (unpaired) electrons. The van der Waals surface area contributed by atoms with Gasteiger partial charge in [-0.05, 0) is 31.6 Å². The van der Waals surface area contributed by atoms with Crippen LogP contribution in [-0.2, 0) is 65.4 Å². The molecule has 0 fully saturated rings. The van der Waals surface area contributed by atoms with Crippen molar-refractivity contribution in [2.24, 2.45) is 5.92 Å². The Labute approximate surface area is 556 Å². The van der Waals surface area contributed by atoms with Crippen LogP contribution in [0.3, 0.4) is 0 Å². The molecule has 6 atom stereocenters. The maximum Gasteiger partial charge on any atom is 0.472 e. The zero-order valence-corrected chi connectivity index (χ0v) is 60.8. The topological polar surface area (TPSA) is 237 Å². The quantitative estimate of drug-likeness (QED) is 0.0222. The minimum absolute atomic E-state index is 0.107.